The minimum Gasteiger partial charge on any atom is -0.497 e. The van der Waals surface area contributed by atoms with Crippen LogP contribution in [0.3, 0.4) is 0 Å². The summed E-state index contributed by atoms with van der Waals surface area (Å²) < 4.78 is 16.5. The van der Waals surface area contributed by atoms with Gasteiger partial charge in [0, 0.05) is 41.3 Å². The minimum absolute atomic E-state index is 0.143. The first kappa shape index (κ1) is 21.5. The second-order valence-electron chi connectivity index (χ2n) is 7.62. The number of pyridine rings is 1. The molecule has 0 radical (unpaired) electrons. The molecule has 0 aliphatic rings. The van der Waals surface area contributed by atoms with Crippen molar-refractivity contribution < 1.29 is 19.3 Å². The van der Waals surface area contributed by atoms with E-state index >= 15 is 0 Å². The van der Waals surface area contributed by atoms with Crippen molar-refractivity contribution in [1.82, 2.24) is 9.97 Å². The molecule has 1 unspecified atom stereocenters. The highest BCUT2D eigenvalue weighted by atomic mass is 16.5. The summed E-state index contributed by atoms with van der Waals surface area (Å²) in [6, 6.07) is 16.4. The maximum atomic E-state index is 11.4. The van der Waals surface area contributed by atoms with E-state index in [9.17, 15) is 9.90 Å². The van der Waals surface area contributed by atoms with Crippen molar-refractivity contribution in [2.45, 2.75) is 18.9 Å². The van der Waals surface area contributed by atoms with Gasteiger partial charge in [-0.3, -0.25) is 4.79 Å². The Bertz CT molecular complexity index is 1240. The van der Waals surface area contributed by atoms with Gasteiger partial charge in [0.05, 0.1) is 20.3 Å². The number of hydrogen-bond acceptors (Lipinski definition) is 5. The summed E-state index contributed by atoms with van der Waals surface area (Å²) >= 11 is 0. The maximum Gasteiger partial charge on any atom is 0.248 e. The van der Waals surface area contributed by atoms with Crippen LogP contribution in [-0.4, -0.2) is 42.0 Å². The van der Waals surface area contributed by atoms with Gasteiger partial charge in [-0.05, 0) is 60.0 Å². The molecule has 7 heteroatoms. The Morgan fingerprint density at radius 3 is 2.47 bits per heavy atom. The fourth-order valence-corrected chi connectivity index (χ4v) is 3.69. The maximum absolute atomic E-state index is 11.4. The second kappa shape index (κ2) is 9.62. The minimum atomic E-state index is -0.682. The van der Waals surface area contributed by atoms with E-state index in [0.717, 1.165) is 39.2 Å². The number of benzene rings is 2. The number of hydrogen-bond donors (Lipinski definition) is 3. The van der Waals surface area contributed by atoms with Gasteiger partial charge in [0.15, 0.2) is 0 Å². The van der Waals surface area contributed by atoms with E-state index in [2.05, 4.69) is 9.97 Å². The molecular formula is C25H26N2O5. The fraction of sp³-hybridized carbons (Fsp3) is 0.240. The van der Waals surface area contributed by atoms with Gasteiger partial charge in [0.1, 0.15) is 23.9 Å². The molecule has 2 heterocycles. The van der Waals surface area contributed by atoms with Crippen LogP contribution >= 0.6 is 0 Å². The van der Waals surface area contributed by atoms with E-state index in [1.54, 1.807) is 32.4 Å². The van der Waals surface area contributed by atoms with Crippen molar-refractivity contribution in [3.8, 4) is 17.2 Å². The molecule has 0 aliphatic heterocycles. The third-order valence-electron chi connectivity index (χ3n) is 5.31. The largest absolute Gasteiger partial charge is 0.497 e. The summed E-state index contributed by atoms with van der Waals surface area (Å²) in [7, 11) is 3.26. The number of aromatic amines is 2. The van der Waals surface area contributed by atoms with E-state index in [0.29, 0.717) is 18.6 Å². The molecule has 0 saturated carbocycles. The molecule has 0 amide bonds. The standard InChI is InChI=1S/C25H26N2O5/c1-30-21-10-16(11-22(14-21)31-2)9-18-7-8-26-24(18)13-19(28)15-32-20-4-5-23-17(12-20)3-6-25(29)27-23/h3-8,10-12,14,19,26,28H,9,13,15H2,1-2H3,(H,27,29). The highest BCUT2D eigenvalue weighted by Crippen LogP contribution is 2.25. The van der Waals surface area contributed by atoms with Crippen LogP contribution in [-0.2, 0) is 12.8 Å². The molecular weight excluding hydrogens is 408 g/mol. The van der Waals surface area contributed by atoms with Crippen molar-refractivity contribution in [1.29, 1.82) is 0 Å². The molecule has 1 atom stereocenters. The summed E-state index contributed by atoms with van der Waals surface area (Å²) in [6.07, 6.45) is 2.31. The highest BCUT2D eigenvalue weighted by Gasteiger charge is 2.13. The molecule has 0 saturated heterocycles. The number of aromatic nitrogens is 2. The lowest BCUT2D eigenvalue weighted by molar-refractivity contribution is 0.107. The Morgan fingerprint density at radius 1 is 0.938 bits per heavy atom. The third kappa shape index (κ3) is 5.12. The number of rotatable bonds is 9. The fourth-order valence-electron chi connectivity index (χ4n) is 3.69. The number of aliphatic hydroxyl groups is 1. The first-order chi connectivity index (χ1) is 15.5. The van der Waals surface area contributed by atoms with Crippen molar-refractivity contribution >= 4 is 10.9 Å². The molecule has 2 aromatic carbocycles. The molecule has 0 spiro atoms. The van der Waals surface area contributed by atoms with Gasteiger partial charge >= 0.3 is 0 Å². The van der Waals surface area contributed by atoms with Crippen LogP contribution in [0, 0.1) is 0 Å². The quantitative estimate of drug-likeness (QED) is 0.375. The van der Waals surface area contributed by atoms with Crippen LogP contribution in [0.15, 0.2) is 65.6 Å². The van der Waals surface area contributed by atoms with Crippen LogP contribution in [0.2, 0.25) is 0 Å². The number of H-pyrrole nitrogens is 2. The number of fused-ring (bicyclic) bond motifs is 1. The molecule has 0 aliphatic carbocycles. The summed E-state index contributed by atoms with van der Waals surface area (Å²) in [5.74, 6) is 2.12. The highest BCUT2D eigenvalue weighted by molar-refractivity contribution is 5.79. The van der Waals surface area contributed by atoms with Crippen molar-refractivity contribution in [2.24, 2.45) is 0 Å². The number of aliphatic hydroxyl groups excluding tert-OH is 1. The van der Waals surface area contributed by atoms with Crippen LogP contribution in [0.4, 0.5) is 0 Å². The molecule has 0 fully saturated rings. The molecule has 32 heavy (non-hydrogen) atoms. The van der Waals surface area contributed by atoms with E-state index in [1.165, 1.54) is 6.07 Å². The van der Waals surface area contributed by atoms with Gasteiger partial charge in [0.2, 0.25) is 5.56 Å². The van der Waals surface area contributed by atoms with Gasteiger partial charge in [-0.25, -0.2) is 0 Å². The van der Waals surface area contributed by atoms with Gasteiger partial charge in [-0.15, -0.1) is 0 Å². The lowest BCUT2D eigenvalue weighted by atomic mass is 10.0. The Kier molecular flexibility index (Phi) is 6.47. The topological polar surface area (TPSA) is 96.6 Å². The predicted octanol–water partition coefficient (Wildman–Crippen LogP) is 3.45. The Balaban J connectivity index is 1.39. The summed E-state index contributed by atoms with van der Waals surface area (Å²) in [5, 5.41) is 11.4. The number of methoxy groups -OCH3 is 2. The monoisotopic (exact) mass is 434 g/mol. The third-order valence-corrected chi connectivity index (χ3v) is 5.31. The molecule has 0 bridgehead atoms. The molecule has 4 rings (SSSR count). The zero-order valence-corrected chi connectivity index (χ0v) is 18.1. The van der Waals surface area contributed by atoms with Crippen molar-refractivity contribution in [3.63, 3.8) is 0 Å². The predicted molar refractivity (Wildman–Crippen MR) is 123 cm³/mol. The SMILES string of the molecule is COc1cc(Cc2cc[nH]c2CC(O)COc2ccc3[nH]c(=O)ccc3c2)cc(OC)c1. The van der Waals surface area contributed by atoms with E-state index in [1.807, 2.05) is 36.5 Å². The first-order valence-electron chi connectivity index (χ1n) is 10.3. The number of ether oxygens (including phenoxy) is 3. The van der Waals surface area contributed by atoms with Crippen LogP contribution in [0.1, 0.15) is 16.8 Å². The molecule has 3 N–H and O–H groups in total. The first-order valence-corrected chi connectivity index (χ1v) is 10.3. The lowest BCUT2D eigenvalue weighted by Crippen LogP contribution is -2.21. The van der Waals surface area contributed by atoms with Crippen molar-refractivity contribution in [3.05, 3.63) is 88.0 Å². The zero-order valence-electron chi connectivity index (χ0n) is 18.1. The van der Waals surface area contributed by atoms with Crippen LogP contribution in [0.25, 0.3) is 10.9 Å². The summed E-state index contributed by atoms with van der Waals surface area (Å²) in [4.78, 5) is 17.4. The van der Waals surface area contributed by atoms with Gasteiger partial charge < -0.3 is 29.3 Å². The second-order valence-corrected chi connectivity index (χ2v) is 7.62. The van der Waals surface area contributed by atoms with Gasteiger partial charge in [-0.2, -0.15) is 0 Å². The Morgan fingerprint density at radius 2 is 1.72 bits per heavy atom. The summed E-state index contributed by atoms with van der Waals surface area (Å²) in [6.45, 7) is 0.153. The van der Waals surface area contributed by atoms with Crippen LogP contribution < -0.4 is 19.8 Å². The summed E-state index contributed by atoms with van der Waals surface area (Å²) in [5.41, 5.74) is 3.71. The molecule has 7 nitrogen and oxygen atoms in total. The normalized spacial score (nSPS) is 12.0. The van der Waals surface area contributed by atoms with Crippen LogP contribution in [0.5, 0.6) is 17.2 Å². The smallest absolute Gasteiger partial charge is 0.248 e. The van der Waals surface area contributed by atoms with Crippen molar-refractivity contribution in [2.75, 3.05) is 20.8 Å². The van der Waals surface area contributed by atoms with Gasteiger partial charge in [0.25, 0.3) is 0 Å². The zero-order chi connectivity index (χ0) is 22.5. The van der Waals surface area contributed by atoms with E-state index < -0.39 is 6.10 Å². The van der Waals surface area contributed by atoms with E-state index in [-0.39, 0.29) is 12.2 Å². The average molecular weight is 434 g/mol. The van der Waals surface area contributed by atoms with Gasteiger partial charge in [-0.1, -0.05) is 0 Å². The Hall–Kier alpha value is -3.71. The number of nitrogens with one attached hydrogen (secondary N) is 2. The molecule has 2 aromatic heterocycles. The average Bonchev–Trinajstić information content (AvgIpc) is 3.23. The molecule has 4 aromatic rings. The van der Waals surface area contributed by atoms with E-state index in [4.69, 9.17) is 14.2 Å². The molecule has 166 valence electrons. The Labute approximate surface area is 185 Å². The lowest BCUT2D eigenvalue weighted by Gasteiger charge is -2.14.